The smallest absolute Gasteiger partial charge is 0.255 e. The summed E-state index contributed by atoms with van der Waals surface area (Å²) in [6, 6.07) is 14.5. The van der Waals surface area contributed by atoms with Crippen molar-refractivity contribution in [3.63, 3.8) is 0 Å². The van der Waals surface area contributed by atoms with Crippen molar-refractivity contribution in [2.24, 2.45) is 0 Å². The Morgan fingerprint density at radius 3 is 2.21 bits per heavy atom. The summed E-state index contributed by atoms with van der Waals surface area (Å²) in [6.45, 7) is 8.41. The number of aromatic amines is 1. The Kier molecular flexibility index (Phi) is 11.5. The quantitative estimate of drug-likeness (QED) is 0.104. The van der Waals surface area contributed by atoms with Gasteiger partial charge in [-0.3, -0.25) is 4.79 Å². The van der Waals surface area contributed by atoms with Gasteiger partial charge in [0.15, 0.2) is 16.4 Å². The molecule has 0 bridgehead atoms. The molecule has 4 rings (SSSR count). The van der Waals surface area contributed by atoms with Crippen LogP contribution in [0, 0.1) is 0 Å². The number of unbranched alkanes of at least 4 members (excludes halogenated alkanes) is 9. The van der Waals surface area contributed by atoms with Crippen LogP contribution in [-0.4, -0.2) is 36.0 Å². The minimum absolute atomic E-state index is 0.199. The van der Waals surface area contributed by atoms with Crippen molar-refractivity contribution < 1.29 is 9.35 Å². The first kappa shape index (κ1) is 32.1. The molecule has 2 aromatic carbocycles. The van der Waals surface area contributed by atoms with Gasteiger partial charge in [0.2, 0.25) is 0 Å². The lowest BCUT2D eigenvalue weighted by Crippen LogP contribution is -2.13. The number of rotatable bonds is 15. The van der Waals surface area contributed by atoms with Gasteiger partial charge >= 0.3 is 0 Å². The van der Waals surface area contributed by atoms with Gasteiger partial charge < -0.3 is 14.9 Å². The zero-order valence-corrected chi connectivity index (χ0v) is 26.9. The Bertz CT molecular complexity index is 1440. The topological polar surface area (TPSA) is 98.1 Å². The number of H-pyrrole nitrogens is 1. The molecule has 1 atom stereocenters. The summed E-state index contributed by atoms with van der Waals surface area (Å²) in [5.74, 6) is 1.03. The molecular formula is C33H44ClN5O2S. The zero-order chi connectivity index (χ0) is 30.1. The highest BCUT2D eigenvalue weighted by Crippen LogP contribution is 2.32. The summed E-state index contributed by atoms with van der Waals surface area (Å²) in [5, 5.41) is 12.6. The highest BCUT2D eigenvalue weighted by atomic mass is 35.5. The molecule has 2 heterocycles. The van der Waals surface area contributed by atoms with E-state index in [1.54, 1.807) is 24.3 Å². The number of hydrogen-bond donors (Lipinski definition) is 2. The fourth-order valence-electron chi connectivity index (χ4n) is 4.95. The first-order valence-electron chi connectivity index (χ1n) is 15.2. The molecule has 1 amide bonds. The van der Waals surface area contributed by atoms with Crippen molar-refractivity contribution >= 4 is 40.0 Å². The van der Waals surface area contributed by atoms with Crippen molar-refractivity contribution in [3.8, 4) is 11.4 Å². The number of carbonyl (C=O) groups excluding carboxylic acids is 1. The van der Waals surface area contributed by atoms with Crippen LogP contribution in [-0.2, 0) is 16.6 Å². The average Bonchev–Trinajstić information content (AvgIpc) is 3.53. The molecule has 0 fully saturated rings. The Hall–Kier alpha value is -2.81. The summed E-state index contributed by atoms with van der Waals surface area (Å²) in [6.07, 6.45) is 12.6. The van der Waals surface area contributed by atoms with E-state index >= 15 is 0 Å². The largest absolute Gasteiger partial charge is 0.611 e. The lowest BCUT2D eigenvalue weighted by molar-refractivity contribution is 0.102. The molecule has 0 radical (unpaired) electrons. The van der Waals surface area contributed by atoms with E-state index in [2.05, 4.69) is 48.2 Å². The van der Waals surface area contributed by atoms with Gasteiger partial charge in [-0.15, -0.1) is 9.73 Å². The molecule has 0 aliphatic rings. The van der Waals surface area contributed by atoms with E-state index in [4.69, 9.17) is 11.6 Å². The van der Waals surface area contributed by atoms with Crippen molar-refractivity contribution in [2.75, 3.05) is 11.1 Å². The third-order valence-electron chi connectivity index (χ3n) is 7.41. The third kappa shape index (κ3) is 8.62. The zero-order valence-electron chi connectivity index (χ0n) is 25.3. The molecule has 7 nitrogen and oxygen atoms in total. The molecule has 1 unspecified atom stereocenters. The van der Waals surface area contributed by atoms with Crippen LogP contribution in [0.1, 0.15) is 108 Å². The van der Waals surface area contributed by atoms with Crippen LogP contribution in [0.2, 0.25) is 5.02 Å². The Morgan fingerprint density at radius 2 is 1.60 bits per heavy atom. The van der Waals surface area contributed by atoms with E-state index in [0.717, 1.165) is 29.0 Å². The van der Waals surface area contributed by atoms with Crippen molar-refractivity contribution in [1.82, 2.24) is 19.8 Å². The molecule has 0 aliphatic carbocycles. The summed E-state index contributed by atoms with van der Waals surface area (Å²) >= 11 is 5.52. The van der Waals surface area contributed by atoms with Crippen LogP contribution in [0.25, 0.3) is 17.0 Å². The van der Waals surface area contributed by atoms with Gasteiger partial charge in [0, 0.05) is 22.2 Å². The average molecular weight is 610 g/mol. The third-order valence-corrected chi connectivity index (χ3v) is 9.22. The minimum atomic E-state index is -1.05. The molecule has 0 aliphatic heterocycles. The fraction of sp³-hybridized carbons (Fsp3) is 0.485. The molecular weight excluding hydrogens is 566 g/mol. The standard InChI is InChI=1S/C33H44ClN5O2S/c1-5-6-7-8-9-10-11-12-13-14-22-42(41)27-20-18-24(19-21-27)32(40)35-26-17-15-16-25(23-26)30-36-31-28(34)29(33(2,3)4)37-39(31)38-30/h15-21,23H,5-14,22H2,1-4H3,(H,35,40)(H,36,38). The number of carbonyl (C=O) groups is 1. The number of aromatic nitrogens is 4. The maximum atomic E-state index is 12.9. The summed E-state index contributed by atoms with van der Waals surface area (Å²) in [7, 11) is 0. The molecule has 42 heavy (non-hydrogen) atoms. The molecule has 2 aromatic heterocycles. The number of fused-ring (bicyclic) bond motifs is 1. The van der Waals surface area contributed by atoms with E-state index in [9.17, 15) is 9.35 Å². The van der Waals surface area contributed by atoms with E-state index in [-0.39, 0.29) is 11.3 Å². The molecule has 226 valence electrons. The van der Waals surface area contributed by atoms with Gasteiger partial charge in [0.25, 0.3) is 5.91 Å². The monoisotopic (exact) mass is 609 g/mol. The molecule has 0 saturated heterocycles. The van der Waals surface area contributed by atoms with Crippen LogP contribution in [0.3, 0.4) is 0 Å². The second kappa shape index (κ2) is 15.1. The van der Waals surface area contributed by atoms with Crippen LogP contribution >= 0.6 is 11.6 Å². The molecule has 2 N–H and O–H groups in total. The van der Waals surface area contributed by atoms with Gasteiger partial charge in [-0.25, -0.2) is 0 Å². The number of anilines is 1. The van der Waals surface area contributed by atoms with Gasteiger partial charge in [-0.2, -0.15) is 5.10 Å². The summed E-state index contributed by atoms with van der Waals surface area (Å²) < 4.78 is 14.3. The van der Waals surface area contributed by atoms with E-state index in [0.29, 0.717) is 33.5 Å². The lowest BCUT2D eigenvalue weighted by atomic mass is 9.92. The fourth-order valence-corrected chi connectivity index (χ4v) is 6.54. The Morgan fingerprint density at radius 1 is 0.952 bits per heavy atom. The maximum absolute atomic E-state index is 12.9. The molecule has 0 spiro atoms. The lowest BCUT2D eigenvalue weighted by Gasteiger charge is -2.14. The second-order valence-electron chi connectivity index (χ2n) is 12.0. The van der Waals surface area contributed by atoms with E-state index in [1.807, 2.05) is 24.3 Å². The van der Waals surface area contributed by atoms with Gasteiger partial charge in [-0.05, 0) is 60.4 Å². The first-order chi connectivity index (χ1) is 20.2. The van der Waals surface area contributed by atoms with Crippen LogP contribution in [0.4, 0.5) is 5.69 Å². The number of nitrogens with zero attached hydrogens (tertiary/aromatic N) is 3. The molecule has 4 aromatic rings. The summed E-state index contributed by atoms with van der Waals surface area (Å²) in [4.78, 5) is 17.0. The molecule has 0 saturated carbocycles. The normalized spacial score (nSPS) is 12.6. The van der Waals surface area contributed by atoms with Gasteiger partial charge in [0.05, 0.1) is 5.69 Å². The number of halogens is 1. The van der Waals surface area contributed by atoms with Crippen molar-refractivity contribution in [3.05, 3.63) is 64.8 Å². The van der Waals surface area contributed by atoms with Crippen LogP contribution in [0.5, 0.6) is 0 Å². The van der Waals surface area contributed by atoms with E-state index < -0.39 is 11.2 Å². The van der Waals surface area contributed by atoms with Gasteiger partial charge in [0.1, 0.15) is 10.8 Å². The van der Waals surface area contributed by atoms with Gasteiger partial charge in [-0.1, -0.05) is 103 Å². The van der Waals surface area contributed by atoms with Crippen LogP contribution in [0.15, 0.2) is 53.4 Å². The van der Waals surface area contributed by atoms with Crippen molar-refractivity contribution in [2.45, 2.75) is 102 Å². The highest BCUT2D eigenvalue weighted by molar-refractivity contribution is 7.91. The first-order valence-corrected chi connectivity index (χ1v) is 16.9. The predicted octanol–water partition coefficient (Wildman–Crippen LogP) is 8.96. The predicted molar refractivity (Wildman–Crippen MR) is 174 cm³/mol. The van der Waals surface area contributed by atoms with Crippen molar-refractivity contribution in [1.29, 1.82) is 0 Å². The van der Waals surface area contributed by atoms with E-state index in [1.165, 1.54) is 56.0 Å². The summed E-state index contributed by atoms with van der Waals surface area (Å²) in [5.41, 5.74) is 3.17. The number of amides is 1. The Balaban J connectivity index is 1.26. The molecule has 9 heteroatoms. The number of nitrogens with one attached hydrogen (secondary N) is 2. The second-order valence-corrected chi connectivity index (χ2v) is 14.0. The maximum Gasteiger partial charge on any atom is 0.255 e. The highest BCUT2D eigenvalue weighted by Gasteiger charge is 2.25. The Labute approximate surface area is 258 Å². The number of benzene rings is 2. The minimum Gasteiger partial charge on any atom is -0.611 e. The SMILES string of the molecule is CCCCCCCCCCCC[S+]([O-])c1ccc(C(=O)Nc2cccc(-c3nn4nc(C(C)(C)C)c(Cl)c4[nH]3)c2)cc1. The van der Waals surface area contributed by atoms with Crippen LogP contribution < -0.4 is 5.32 Å². The number of hydrogen-bond acceptors (Lipinski definition) is 4.